The number of benzene rings is 1. The molecule has 118 valence electrons. The van der Waals surface area contributed by atoms with E-state index < -0.39 is 6.10 Å². The number of hydrogen-bond acceptors (Lipinski definition) is 4. The summed E-state index contributed by atoms with van der Waals surface area (Å²) in [5.41, 5.74) is 0. The molecule has 0 aromatic heterocycles. The van der Waals surface area contributed by atoms with Crippen LogP contribution in [0.3, 0.4) is 0 Å². The van der Waals surface area contributed by atoms with Crippen LogP contribution in [0.4, 0.5) is 0 Å². The zero-order valence-corrected chi connectivity index (χ0v) is 12.9. The molecule has 21 heavy (non-hydrogen) atoms. The van der Waals surface area contributed by atoms with Crippen molar-refractivity contribution in [2.75, 3.05) is 13.2 Å². The van der Waals surface area contributed by atoms with Gasteiger partial charge in [0.25, 0.3) is 0 Å². The summed E-state index contributed by atoms with van der Waals surface area (Å²) in [5, 5.41) is 23.8. The average Bonchev–Trinajstić information content (AvgIpc) is 2.69. The van der Waals surface area contributed by atoms with Gasteiger partial charge in [0.1, 0.15) is 18.5 Å². The summed E-state index contributed by atoms with van der Waals surface area (Å²) in [7, 11) is 0. The molecule has 1 aliphatic rings. The SMILES string of the molecule is OC(CNC1CCCCCC1O)COc1ccccc1Cl. The molecular weight excluding hydrogens is 290 g/mol. The van der Waals surface area contributed by atoms with Crippen molar-refractivity contribution in [3.8, 4) is 5.75 Å². The first kappa shape index (κ1) is 16.6. The van der Waals surface area contributed by atoms with Crippen LogP contribution in [-0.4, -0.2) is 41.6 Å². The van der Waals surface area contributed by atoms with Gasteiger partial charge in [-0.2, -0.15) is 0 Å². The number of aliphatic hydroxyl groups excluding tert-OH is 2. The summed E-state index contributed by atoms with van der Waals surface area (Å²) in [6.07, 6.45) is 4.23. The maximum absolute atomic E-state index is 10.0. The van der Waals surface area contributed by atoms with Crippen LogP contribution in [0, 0.1) is 0 Å². The first-order valence-corrected chi connectivity index (χ1v) is 8.01. The van der Waals surface area contributed by atoms with Crippen LogP contribution in [0.2, 0.25) is 5.02 Å². The number of aliphatic hydroxyl groups is 2. The fourth-order valence-corrected chi connectivity index (χ4v) is 2.81. The van der Waals surface area contributed by atoms with E-state index in [4.69, 9.17) is 16.3 Å². The zero-order valence-electron chi connectivity index (χ0n) is 12.2. The lowest BCUT2D eigenvalue weighted by molar-refractivity contribution is 0.0820. The van der Waals surface area contributed by atoms with E-state index in [0.29, 0.717) is 17.3 Å². The van der Waals surface area contributed by atoms with Gasteiger partial charge in [0.05, 0.1) is 11.1 Å². The Morgan fingerprint density at radius 1 is 1.24 bits per heavy atom. The van der Waals surface area contributed by atoms with Crippen molar-refractivity contribution in [1.82, 2.24) is 5.32 Å². The van der Waals surface area contributed by atoms with Crippen molar-refractivity contribution in [3.05, 3.63) is 29.3 Å². The van der Waals surface area contributed by atoms with Gasteiger partial charge in [-0.1, -0.05) is 43.0 Å². The molecular formula is C16H24ClNO3. The number of halogens is 1. The summed E-state index contributed by atoms with van der Waals surface area (Å²) in [4.78, 5) is 0. The molecule has 1 aromatic rings. The van der Waals surface area contributed by atoms with E-state index in [0.717, 1.165) is 25.7 Å². The van der Waals surface area contributed by atoms with E-state index in [1.807, 2.05) is 12.1 Å². The third kappa shape index (κ3) is 5.47. The highest BCUT2D eigenvalue weighted by molar-refractivity contribution is 6.32. The lowest BCUT2D eigenvalue weighted by atomic mass is 10.1. The minimum absolute atomic E-state index is 0.0717. The van der Waals surface area contributed by atoms with E-state index in [-0.39, 0.29) is 18.8 Å². The van der Waals surface area contributed by atoms with Crippen LogP contribution in [0.15, 0.2) is 24.3 Å². The second kappa shape index (κ2) is 8.59. The van der Waals surface area contributed by atoms with Gasteiger partial charge < -0.3 is 20.3 Å². The number of nitrogens with one attached hydrogen (secondary N) is 1. The molecule has 4 nitrogen and oxygen atoms in total. The molecule has 1 saturated carbocycles. The average molecular weight is 314 g/mol. The lowest BCUT2D eigenvalue weighted by Gasteiger charge is -2.23. The maximum Gasteiger partial charge on any atom is 0.138 e. The van der Waals surface area contributed by atoms with Crippen molar-refractivity contribution in [3.63, 3.8) is 0 Å². The van der Waals surface area contributed by atoms with Gasteiger partial charge in [-0.05, 0) is 25.0 Å². The van der Waals surface area contributed by atoms with Crippen LogP contribution in [0.5, 0.6) is 5.75 Å². The maximum atomic E-state index is 10.0. The molecule has 3 atom stereocenters. The Labute approximate surface area is 131 Å². The summed E-state index contributed by atoms with van der Waals surface area (Å²) >= 11 is 5.99. The summed E-state index contributed by atoms with van der Waals surface area (Å²) in [6.45, 7) is 0.589. The largest absolute Gasteiger partial charge is 0.489 e. The third-order valence-corrected chi connectivity index (χ3v) is 4.18. The number of hydrogen-bond donors (Lipinski definition) is 3. The Morgan fingerprint density at radius 2 is 2.00 bits per heavy atom. The molecule has 2 rings (SSSR count). The molecule has 3 unspecified atom stereocenters. The fraction of sp³-hybridized carbons (Fsp3) is 0.625. The highest BCUT2D eigenvalue weighted by Gasteiger charge is 2.21. The molecule has 0 bridgehead atoms. The Balaban J connectivity index is 1.72. The summed E-state index contributed by atoms with van der Waals surface area (Å²) in [5.74, 6) is 0.577. The van der Waals surface area contributed by atoms with Gasteiger partial charge in [-0.3, -0.25) is 0 Å². The van der Waals surface area contributed by atoms with Crippen LogP contribution < -0.4 is 10.1 Å². The van der Waals surface area contributed by atoms with Crippen molar-refractivity contribution in [1.29, 1.82) is 0 Å². The Hall–Kier alpha value is -0.810. The van der Waals surface area contributed by atoms with Crippen LogP contribution >= 0.6 is 11.6 Å². The lowest BCUT2D eigenvalue weighted by Crippen LogP contribution is -2.44. The minimum Gasteiger partial charge on any atom is -0.489 e. The molecule has 0 amide bonds. The predicted octanol–water partition coefficient (Wildman–Crippen LogP) is 2.36. The highest BCUT2D eigenvalue weighted by Crippen LogP contribution is 2.23. The molecule has 3 N–H and O–H groups in total. The summed E-state index contributed by atoms with van der Waals surface area (Å²) in [6, 6.07) is 7.28. The molecule has 0 saturated heterocycles. The first-order valence-electron chi connectivity index (χ1n) is 7.63. The topological polar surface area (TPSA) is 61.7 Å². The van der Waals surface area contributed by atoms with Gasteiger partial charge in [0.15, 0.2) is 0 Å². The molecule has 1 aromatic carbocycles. The molecule has 0 heterocycles. The number of rotatable bonds is 6. The fourth-order valence-electron chi connectivity index (χ4n) is 2.62. The highest BCUT2D eigenvalue weighted by atomic mass is 35.5. The van der Waals surface area contributed by atoms with E-state index in [9.17, 15) is 10.2 Å². The zero-order chi connectivity index (χ0) is 15.1. The summed E-state index contributed by atoms with van der Waals surface area (Å²) < 4.78 is 5.51. The van der Waals surface area contributed by atoms with Gasteiger partial charge in [0.2, 0.25) is 0 Å². The predicted molar refractivity (Wildman–Crippen MR) is 83.8 cm³/mol. The van der Waals surface area contributed by atoms with Crippen molar-refractivity contribution in [2.45, 2.75) is 50.4 Å². The molecule has 0 radical (unpaired) electrons. The Kier molecular flexibility index (Phi) is 6.77. The van der Waals surface area contributed by atoms with Gasteiger partial charge >= 0.3 is 0 Å². The number of ether oxygens (including phenoxy) is 1. The van der Waals surface area contributed by atoms with Crippen LogP contribution in [-0.2, 0) is 0 Å². The van der Waals surface area contributed by atoms with Crippen LogP contribution in [0.1, 0.15) is 32.1 Å². The molecule has 5 heteroatoms. The molecule has 0 spiro atoms. The van der Waals surface area contributed by atoms with E-state index in [2.05, 4.69) is 5.32 Å². The molecule has 1 aliphatic carbocycles. The van der Waals surface area contributed by atoms with Gasteiger partial charge in [0, 0.05) is 12.6 Å². The standard InChI is InChI=1S/C16H24ClNO3/c17-13-6-4-5-9-16(13)21-11-12(19)10-18-14-7-2-1-3-8-15(14)20/h4-6,9,12,14-15,18-20H,1-3,7-8,10-11H2. The monoisotopic (exact) mass is 313 g/mol. The van der Waals surface area contributed by atoms with Crippen molar-refractivity contribution < 1.29 is 14.9 Å². The van der Waals surface area contributed by atoms with Crippen LogP contribution in [0.25, 0.3) is 0 Å². The number of para-hydroxylation sites is 1. The quantitative estimate of drug-likeness (QED) is 0.706. The Bertz CT molecular complexity index is 430. The molecule has 1 fully saturated rings. The van der Waals surface area contributed by atoms with Gasteiger partial charge in [-0.15, -0.1) is 0 Å². The smallest absolute Gasteiger partial charge is 0.138 e. The first-order chi connectivity index (χ1) is 10.2. The minimum atomic E-state index is -0.628. The van der Waals surface area contributed by atoms with E-state index in [1.54, 1.807) is 12.1 Å². The van der Waals surface area contributed by atoms with E-state index in [1.165, 1.54) is 6.42 Å². The normalized spacial score (nSPS) is 24.3. The molecule has 0 aliphatic heterocycles. The van der Waals surface area contributed by atoms with E-state index >= 15 is 0 Å². The van der Waals surface area contributed by atoms with Crippen molar-refractivity contribution >= 4 is 11.6 Å². The second-order valence-corrected chi connectivity index (χ2v) is 6.02. The van der Waals surface area contributed by atoms with Crippen molar-refractivity contribution in [2.24, 2.45) is 0 Å². The Morgan fingerprint density at radius 3 is 2.81 bits per heavy atom. The van der Waals surface area contributed by atoms with Gasteiger partial charge in [-0.25, -0.2) is 0 Å². The second-order valence-electron chi connectivity index (χ2n) is 5.62. The third-order valence-electron chi connectivity index (χ3n) is 3.86.